The van der Waals surface area contributed by atoms with Crippen LogP contribution in [-0.4, -0.2) is 23.0 Å². The van der Waals surface area contributed by atoms with E-state index in [0.29, 0.717) is 12.4 Å². The molecule has 4 nitrogen and oxygen atoms in total. The number of nitrogens with zero attached hydrogens (tertiary/aromatic N) is 3. The second-order valence-electron chi connectivity index (χ2n) is 4.46. The summed E-state index contributed by atoms with van der Waals surface area (Å²) in [4.78, 5) is 13.3. The van der Waals surface area contributed by atoms with Crippen molar-refractivity contribution in [3.05, 3.63) is 54.7 Å². The average molecular weight is 277 g/mol. The van der Waals surface area contributed by atoms with Gasteiger partial charge in [-0.25, -0.2) is 9.98 Å². The lowest BCUT2D eigenvalue weighted by Gasteiger charge is -2.06. The number of benzene rings is 1. The van der Waals surface area contributed by atoms with E-state index in [9.17, 15) is 0 Å². The molecule has 0 radical (unpaired) electrons. The third kappa shape index (κ3) is 2.89. The smallest absolute Gasteiger partial charge is 0.176 e. The fraction of sp³-hybridized carbons (Fsp3) is 0.118. The van der Waals surface area contributed by atoms with E-state index in [1.54, 1.807) is 6.20 Å². The highest BCUT2D eigenvalue weighted by Gasteiger charge is 2.07. The molecule has 104 valence electrons. The number of hydrogen-bond donors (Lipinski definition) is 0. The number of fused-ring (bicyclic) bond motifs is 1. The van der Waals surface area contributed by atoms with E-state index in [1.165, 1.54) is 6.40 Å². The lowest BCUT2D eigenvalue weighted by Crippen LogP contribution is -1.90. The van der Waals surface area contributed by atoms with Gasteiger partial charge in [0.15, 0.2) is 12.2 Å². The second-order valence-corrected chi connectivity index (χ2v) is 4.46. The minimum absolute atomic E-state index is 0.585. The van der Waals surface area contributed by atoms with Crippen molar-refractivity contribution in [2.75, 3.05) is 6.61 Å². The van der Waals surface area contributed by atoms with E-state index in [0.717, 1.165) is 22.2 Å². The van der Waals surface area contributed by atoms with Crippen molar-refractivity contribution in [1.29, 1.82) is 0 Å². The summed E-state index contributed by atoms with van der Waals surface area (Å²) < 4.78 is 5.18. The molecule has 0 aliphatic carbocycles. The Balaban J connectivity index is 2.15. The molecule has 0 atom stereocenters. The highest BCUT2D eigenvalue weighted by molar-refractivity contribution is 5.93. The Morgan fingerprint density at radius 2 is 1.95 bits per heavy atom. The van der Waals surface area contributed by atoms with Crippen molar-refractivity contribution < 1.29 is 4.74 Å². The highest BCUT2D eigenvalue weighted by atomic mass is 16.5. The molecule has 0 bridgehead atoms. The molecule has 0 N–H and O–H groups in total. The second kappa shape index (κ2) is 6.13. The monoisotopic (exact) mass is 277 g/mol. The van der Waals surface area contributed by atoms with Crippen molar-refractivity contribution in [1.82, 2.24) is 9.97 Å². The summed E-state index contributed by atoms with van der Waals surface area (Å²) in [6.45, 7) is 2.50. The van der Waals surface area contributed by atoms with Crippen LogP contribution < -0.4 is 0 Å². The molecule has 1 aromatic carbocycles. The quantitative estimate of drug-likeness (QED) is 0.535. The Labute approximate surface area is 123 Å². The van der Waals surface area contributed by atoms with E-state index >= 15 is 0 Å². The molecule has 0 aliphatic rings. The third-order valence-electron chi connectivity index (χ3n) is 3.06. The minimum Gasteiger partial charge on any atom is -0.483 e. The fourth-order valence-electron chi connectivity index (χ4n) is 2.09. The van der Waals surface area contributed by atoms with Crippen molar-refractivity contribution in [3.63, 3.8) is 0 Å². The SMILES string of the molecule is CCOC=Nc1nc(-c2ccccn2)cc2ccccc12. The molecular formula is C17H15N3O. The molecule has 0 saturated carbocycles. The number of rotatable bonds is 4. The Bertz CT molecular complexity index is 769. The maximum absolute atomic E-state index is 5.18. The van der Waals surface area contributed by atoms with Crippen LogP contribution in [-0.2, 0) is 4.74 Å². The number of pyridine rings is 2. The van der Waals surface area contributed by atoms with E-state index in [1.807, 2.05) is 55.5 Å². The van der Waals surface area contributed by atoms with Crippen LogP contribution in [0.3, 0.4) is 0 Å². The molecule has 3 rings (SSSR count). The van der Waals surface area contributed by atoms with Gasteiger partial charge in [-0.2, -0.15) is 0 Å². The summed E-state index contributed by atoms with van der Waals surface area (Å²) >= 11 is 0. The van der Waals surface area contributed by atoms with Crippen molar-refractivity contribution in [3.8, 4) is 11.4 Å². The zero-order chi connectivity index (χ0) is 14.5. The molecule has 3 aromatic rings. The molecule has 0 fully saturated rings. The highest BCUT2D eigenvalue weighted by Crippen LogP contribution is 2.28. The number of ether oxygens (including phenoxy) is 1. The zero-order valence-electron chi connectivity index (χ0n) is 11.7. The maximum Gasteiger partial charge on any atom is 0.176 e. The third-order valence-corrected chi connectivity index (χ3v) is 3.06. The van der Waals surface area contributed by atoms with Crippen LogP contribution in [0.15, 0.2) is 59.7 Å². The van der Waals surface area contributed by atoms with Gasteiger partial charge in [0.1, 0.15) is 0 Å². The van der Waals surface area contributed by atoms with Crippen LogP contribution in [0.25, 0.3) is 22.2 Å². The van der Waals surface area contributed by atoms with Gasteiger partial charge >= 0.3 is 0 Å². The molecule has 2 aromatic heterocycles. The summed E-state index contributed by atoms with van der Waals surface area (Å²) in [7, 11) is 0. The minimum atomic E-state index is 0.585. The van der Waals surface area contributed by atoms with Crippen molar-refractivity contribution >= 4 is 23.0 Å². The molecule has 0 amide bonds. The van der Waals surface area contributed by atoms with E-state index in [2.05, 4.69) is 15.0 Å². The van der Waals surface area contributed by atoms with Gasteiger partial charge < -0.3 is 4.74 Å². The molecule has 21 heavy (non-hydrogen) atoms. The predicted molar refractivity (Wildman–Crippen MR) is 84.8 cm³/mol. The maximum atomic E-state index is 5.18. The lowest BCUT2D eigenvalue weighted by molar-refractivity contribution is 0.344. The van der Waals surface area contributed by atoms with Crippen molar-refractivity contribution in [2.24, 2.45) is 4.99 Å². The largest absolute Gasteiger partial charge is 0.483 e. The molecule has 0 saturated heterocycles. The van der Waals surface area contributed by atoms with Crippen LogP contribution in [0.2, 0.25) is 0 Å². The summed E-state index contributed by atoms with van der Waals surface area (Å²) in [5.74, 6) is 0.641. The standard InChI is InChI=1S/C17H15N3O/c1-2-21-12-19-17-14-8-4-3-7-13(14)11-16(20-17)15-9-5-6-10-18-15/h3-12H,2H2,1H3. The Morgan fingerprint density at radius 1 is 1.10 bits per heavy atom. The Morgan fingerprint density at radius 3 is 2.76 bits per heavy atom. The molecule has 4 heteroatoms. The lowest BCUT2D eigenvalue weighted by atomic mass is 10.1. The van der Waals surface area contributed by atoms with Crippen LogP contribution in [0.1, 0.15) is 6.92 Å². The van der Waals surface area contributed by atoms with Crippen LogP contribution in [0.4, 0.5) is 5.82 Å². The predicted octanol–water partition coefficient (Wildman–Crippen LogP) is 3.99. The van der Waals surface area contributed by atoms with Crippen molar-refractivity contribution in [2.45, 2.75) is 6.92 Å². The summed E-state index contributed by atoms with van der Waals surface area (Å²) in [5.41, 5.74) is 1.63. The first-order valence-electron chi connectivity index (χ1n) is 6.84. The van der Waals surface area contributed by atoms with Gasteiger partial charge in [0, 0.05) is 11.6 Å². The van der Waals surface area contributed by atoms with Gasteiger partial charge in [-0.3, -0.25) is 4.98 Å². The average Bonchev–Trinajstić information content (AvgIpc) is 2.55. The first kappa shape index (κ1) is 13.2. The molecule has 2 heterocycles. The number of aromatic nitrogens is 2. The Kier molecular flexibility index (Phi) is 3.87. The van der Waals surface area contributed by atoms with E-state index < -0.39 is 0 Å². The normalized spacial score (nSPS) is 11.1. The summed E-state index contributed by atoms with van der Waals surface area (Å²) in [5, 5.41) is 2.07. The summed E-state index contributed by atoms with van der Waals surface area (Å²) in [6, 6.07) is 15.8. The van der Waals surface area contributed by atoms with Gasteiger partial charge in [0.2, 0.25) is 0 Å². The fourth-order valence-corrected chi connectivity index (χ4v) is 2.09. The van der Waals surface area contributed by atoms with E-state index in [4.69, 9.17) is 4.74 Å². The van der Waals surface area contributed by atoms with Gasteiger partial charge in [-0.15, -0.1) is 0 Å². The first-order chi connectivity index (χ1) is 10.4. The Hall–Kier alpha value is -2.75. The first-order valence-corrected chi connectivity index (χ1v) is 6.84. The summed E-state index contributed by atoms with van der Waals surface area (Å²) in [6.07, 6.45) is 3.20. The van der Waals surface area contributed by atoms with Crippen LogP contribution in [0.5, 0.6) is 0 Å². The molecule has 0 spiro atoms. The van der Waals surface area contributed by atoms with E-state index in [-0.39, 0.29) is 0 Å². The van der Waals surface area contributed by atoms with Gasteiger partial charge in [0.25, 0.3) is 0 Å². The molecule has 0 unspecified atom stereocenters. The van der Waals surface area contributed by atoms with Gasteiger partial charge in [-0.1, -0.05) is 30.3 Å². The van der Waals surface area contributed by atoms with Crippen LogP contribution in [0, 0.1) is 0 Å². The number of hydrogen-bond acceptors (Lipinski definition) is 4. The number of aliphatic imine (C=N–C) groups is 1. The van der Waals surface area contributed by atoms with Gasteiger partial charge in [-0.05, 0) is 30.5 Å². The van der Waals surface area contributed by atoms with Crippen LogP contribution >= 0.6 is 0 Å². The van der Waals surface area contributed by atoms with Gasteiger partial charge in [0.05, 0.1) is 18.0 Å². The molecule has 0 aliphatic heterocycles. The molecular weight excluding hydrogens is 262 g/mol. The zero-order valence-corrected chi connectivity index (χ0v) is 11.7. The topological polar surface area (TPSA) is 47.4 Å².